The lowest BCUT2D eigenvalue weighted by molar-refractivity contribution is 0.0948. The van der Waals surface area contributed by atoms with Gasteiger partial charge < -0.3 is 10.6 Å². The van der Waals surface area contributed by atoms with Crippen LogP contribution in [0.15, 0.2) is 24.3 Å². The van der Waals surface area contributed by atoms with Crippen molar-refractivity contribution in [3.05, 3.63) is 51.4 Å². The van der Waals surface area contributed by atoms with Gasteiger partial charge in [-0.1, -0.05) is 29.3 Å². The molecule has 2 rings (SSSR count). The predicted molar refractivity (Wildman–Crippen MR) is 103 cm³/mol. The van der Waals surface area contributed by atoms with Crippen LogP contribution in [0.3, 0.4) is 0 Å². The molecule has 0 saturated heterocycles. The maximum atomic E-state index is 12.4. The zero-order valence-electron chi connectivity index (χ0n) is 14.8. The van der Waals surface area contributed by atoms with Crippen molar-refractivity contribution in [3.8, 4) is 0 Å². The fourth-order valence-electron chi connectivity index (χ4n) is 2.26. The molecular formula is C18H22Cl2N4O. The summed E-state index contributed by atoms with van der Waals surface area (Å²) in [5.74, 6) is 0.929. The highest BCUT2D eigenvalue weighted by atomic mass is 35.5. The minimum atomic E-state index is -0.243. The molecule has 134 valence electrons. The fraction of sp³-hybridized carbons (Fsp3) is 0.389. The maximum Gasteiger partial charge on any atom is 0.270 e. The Balaban J connectivity index is 2.00. The van der Waals surface area contributed by atoms with E-state index in [0.29, 0.717) is 40.3 Å². The minimum Gasteiger partial charge on any atom is -0.365 e. The van der Waals surface area contributed by atoms with Gasteiger partial charge in [0, 0.05) is 28.2 Å². The summed E-state index contributed by atoms with van der Waals surface area (Å²) in [6.45, 7) is 8.30. The van der Waals surface area contributed by atoms with Crippen molar-refractivity contribution in [2.24, 2.45) is 0 Å². The van der Waals surface area contributed by atoms with E-state index in [1.807, 2.05) is 26.8 Å². The highest BCUT2D eigenvalue weighted by Crippen LogP contribution is 2.21. The third kappa shape index (κ3) is 6.18. The van der Waals surface area contributed by atoms with Crippen molar-refractivity contribution < 1.29 is 4.79 Å². The quantitative estimate of drug-likeness (QED) is 0.812. The van der Waals surface area contributed by atoms with Gasteiger partial charge in [-0.2, -0.15) is 0 Å². The number of nitrogens with one attached hydrogen (secondary N) is 2. The Kier molecular flexibility index (Phi) is 6.25. The van der Waals surface area contributed by atoms with Crippen molar-refractivity contribution in [1.82, 2.24) is 15.3 Å². The molecule has 0 radical (unpaired) electrons. The molecular weight excluding hydrogens is 359 g/mol. The first-order valence-corrected chi connectivity index (χ1v) is 8.75. The van der Waals surface area contributed by atoms with Crippen molar-refractivity contribution in [2.75, 3.05) is 11.9 Å². The number of halogens is 2. The van der Waals surface area contributed by atoms with Crippen molar-refractivity contribution in [3.63, 3.8) is 0 Å². The predicted octanol–water partition coefficient (Wildman–Crippen LogP) is 4.27. The van der Waals surface area contributed by atoms with Gasteiger partial charge in [-0.05, 0) is 51.8 Å². The van der Waals surface area contributed by atoms with Crippen LogP contribution in [-0.2, 0) is 6.42 Å². The molecule has 0 unspecified atom stereocenters. The maximum absolute atomic E-state index is 12.4. The zero-order chi connectivity index (χ0) is 18.6. The summed E-state index contributed by atoms with van der Waals surface area (Å²) >= 11 is 12.0. The number of benzene rings is 1. The molecule has 1 aromatic heterocycles. The minimum absolute atomic E-state index is 0.153. The van der Waals surface area contributed by atoms with Gasteiger partial charge in [-0.3, -0.25) is 4.79 Å². The SMILES string of the molecule is Cc1nc(NC(C)(C)C)cc(C(=O)NCCc2ccc(Cl)cc2Cl)n1. The standard InChI is InChI=1S/C18H22Cl2N4O/c1-11-22-15(10-16(23-11)24-18(2,3)4)17(25)21-8-7-12-5-6-13(19)9-14(12)20/h5-6,9-10H,7-8H2,1-4H3,(H,21,25)(H,22,23,24). The Hall–Kier alpha value is -1.85. The number of carbonyl (C=O) groups is 1. The van der Waals surface area contributed by atoms with Gasteiger partial charge in [-0.15, -0.1) is 0 Å². The lowest BCUT2D eigenvalue weighted by atomic mass is 10.1. The molecule has 25 heavy (non-hydrogen) atoms. The Morgan fingerprint density at radius 3 is 2.52 bits per heavy atom. The first-order chi connectivity index (χ1) is 11.6. The Morgan fingerprint density at radius 2 is 1.88 bits per heavy atom. The molecule has 1 heterocycles. The van der Waals surface area contributed by atoms with E-state index in [1.54, 1.807) is 25.1 Å². The van der Waals surface area contributed by atoms with E-state index in [2.05, 4.69) is 20.6 Å². The highest BCUT2D eigenvalue weighted by molar-refractivity contribution is 6.35. The largest absolute Gasteiger partial charge is 0.365 e. The zero-order valence-corrected chi connectivity index (χ0v) is 16.3. The molecule has 0 fully saturated rings. The van der Waals surface area contributed by atoms with Crippen LogP contribution < -0.4 is 10.6 Å². The molecule has 1 amide bonds. The summed E-state index contributed by atoms with van der Waals surface area (Å²) in [6.07, 6.45) is 0.610. The number of anilines is 1. The summed E-state index contributed by atoms with van der Waals surface area (Å²) < 4.78 is 0. The normalized spacial score (nSPS) is 11.3. The van der Waals surface area contributed by atoms with Gasteiger partial charge in [0.1, 0.15) is 17.3 Å². The lowest BCUT2D eigenvalue weighted by Gasteiger charge is -2.21. The summed E-state index contributed by atoms with van der Waals surface area (Å²) in [5.41, 5.74) is 1.11. The van der Waals surface area contributed by atoms with Gasteiger partial charge >= 0.3 is 0 Å². The van der Waals surface area contributed by atoms with Crippen LogP contribution in [0.5, 0.6) is 0 Å². The molecule has 0 aliphatic heterocycles. The van der Waals surface area contributed by atoms with E-state index in [9.17, 15) is 4.79 Å². The van der Waals surface area contributed by atoms with Crippen LogP contribution in [0.1, 0.15) is 42.6 Å². The van der Waals surface area contributed by atoms with Crippen molar-refractivity contribution >= 4 is 34.9 Å². The molecule has 5 nitrogen and oxygen atoms in total. The van der Waals surface area contributed by atoms with Gasteiger partial charge in [0.25, 0.3) is 5.91 Å². The molecule has 0 bridgehead atoms. The van der Waals surface area contributed by atoms with Gasteiger partial charge in [0.2, 0.25) is 0 Å². The average Bonchev–Trinajstić information content (AvgIpc) is 2.47. The smallest absolute Gasteiger partial charge is 0.270 e. The second-order valence-electron chi connectivity index (χ2n) is 6.80. The first-order valence-electron chi connectivity index (χ1n) is 8.00. The van der Waals surface area contributed by atoms with Crippen LogP contribution in [-0.4, -0.2) is 28.0 Å². The number of hydrogen-bond acceptors (Lipinski definition) is 4. The Morgan fingerprint density at radius 1 is 1.16 bits per heavy atom. The summed E-state index contributed by atoms with van der Waals surface area (Å²) in [5, 5.41) is 7.29. The van der Waals surface area contributed by atoms with E-state index >= 15 is 0 Å². The number of rotatable bonds is 5. The molecule has 0 aliphatic carbocycles. The van der Waals surface area contributed by atoms with Crippen LogP contribution in [0, 0.1) is 6.92 Å². The highest BCUT2D eigenvalue weighted by Gasteiger charge is 2.14. The number of carbonyl (C=O) groups excluding carboxylic acids is 1. The number of hydrogen-bond donors (Lipinski definition) is 2. The third-order valence-electron chi connectivity index (χ3n) is 3.27. The summed E-state index contributed by atoms with van der Waals surface area (Å²) in [7, 11) is 0. The van der Waals surface area contributed by atoms with E-state index in [-0.39, 0.29) is 11.4 Å². The first kappa shape index (κ1) is 19.5. The summed E-state index contributed by atoms with van der Waals surface area (Å²) in [4.78, 5) is 20.9. The number of aryl methyl sites for hydroxylation is 1. The topological polar surface area (TPSA) is 66.9 Å². The van der Waals surface area contributed by atoms with E-state index in [0.717, 1.165) is 5.56 Å². The second kappa shape index (κ2) is 8.02. The van der Waals surface area contributed by atoms with Gasteiger partial charge in [-0.25, -0.2) is 9.97 Å². The van der Waals surface area contributed by atoms with Gasteiger partial charge in [0.05, 0.1) is 0 Å². The van der Waals surface area contributed by atoms with Crippen LogP contribution in [0.25, 0.3) is 0 Å². The summed E-state index contributed by atoms with van der Waals surface area (Å²) in [6, 6.07) is 6.99. The fourth-order valence-corrected chi connectivity index (χ4v) is 2.76. The van der Waals surface area contributed by atoms with E-state index in [1.165, 1.54) is 0 Å². The van der Waals surface area contributed by atoms with Gasteiger partial charge in [0.15, 0.2) is 0 Å². The molecule has 7 heteroatoms. The number of amides is 1. The van der Waals surface area contributed by atoms with Crippen LogP contribution in [0.4, 0.5) is 5.82 Å². The molecule has 2 aromatic rings. The molecule has 0 spiro atoms. The molecule has 0 atom stereocenters. The monoisotopic (exact) mass is 380 g/mol. The van der Waals surface area contributed by atoms with E-state index < -0.39 is 0 Å². The van der Waals surface area contributed by atoms with Crippen molar-refractivity contribution in [1.29, 1.82) is 0 Å². The van der Waals surface area contributed by atoms with Crippen LogP contribution >= 0.6 is 23.2 Å². The molecule has 1 aromatic carbocycles. The van der Waals surface area contributed by atoms with E-state index in [4.69, 9.17) is 23.2 Å². The molecule has 0 saturated carbocycles. The number of aromatic nitrogens is 2. The van der Waals surface area contributed by atoms with Crippen molar-refractivity contribution in [2.45, 2.75) is 39.7 Å². The Bertz CT molecular complexity index is 772. The third-order valence-corrected chi connectivity index (χ3v) is 3.86. The average molecular weight is 381 g/mol. The Labute approximate surface area is 158 Å². The molecule has 0 aliphatic rings. The lowest BCUT2D eigenvalue weighted by Crippen LogP contribution is -2.29. The second-order valence-corrected chi connectivity index (χ2v) is 7.65. The molecule has 2 N–H and O–H groups in total. The van der Waals surface area contributed by atoms with Crippen LogP contribution in [0.2, 0.25) is 10.0 Å². The number of nitrogens with zero attached hydrogens (tertiary/aromatic N) is 2.